The monoisotopic (exact) mass is 422 g/mol. The SMILES string of the molecule is CCCCCCCCCCCCCCCCCCOOP(=O)(O)OC(C)CC. The molecule has 1 N–H and O–H groups in total. The molecule has 5 nitrogen and oxygen atoms in total. The van der Waals surface area contributed by atoms with E-state index in [1.165, 1.54) is 89.9 Å². The van der Waals surface area contributed by atoms with Gasteiger partial charge in [0.05, 0.1) is 12.7 Å². The van der Waals surface area contributed by atoms with Gasteiger partial charge in [0.15, 0.2) is 0 Å². The molecular weight excluding hydrogens is 375 g/mol. The molecule has 0 saturated heterocycles. The zero-order chi connectivity index (χ0) is 20.9. The second-order valence-electron chi connectivity index (χ2n) is 7.99. The molecule has 0 amide bonds. The summed E-state index contributed by atoms with van der Waals surface area (Å²) in [7, 11) is -4.08. The fourth-order valence-corrected chi connectivity index (χ4v) is 3.98. The third-order valence-corrected chi connectivity index (χ3v) is 6.04. The Kier molecular flexibility index (Phi) is 20.4. The van der Waals surface area contributed by atoms with Crippen LogP contribution in [0.25, 0.3) is 0 Å². The minimum absolute atomic E-state index is 0.324. The molecule has 0 aromatic heterocycles. The van der Waals surface area contributed by atoms with Crippen LogP contribution in [0, 0.1) is 0 Å². The van der Waals surface area contributed by atoms with Crippen molar-refractivity contribution in [1.29, 1.82) is 0 Å². The lowest BCUT2D eigenvalue weighted by Gasteiger charge is -2.14. The van der Waals surface area contributed by atoms with E-state index in [4.69, 9.17) is 9.41 Å². The van der Waals surface area contributed by atoms with Crippen LogP contribution in [0.2, 0.25) is 0 Å². The van der Waals surface area contributed by atoms with Crippen LogP contribution in [-0.4, -0.2) is 17.6 Å². The highest BCUT2D eigenvalue weighted by molar-refractivity contribution is 7.47. The maximum absolute atomic E-state index is 11.5. The maximum atomic E-state index is 11.5. The van der Waals surface area contributed by atoms with Crippen LogP contribution in [0.1, 0.15) is 130 Å². The molecule has 0 aliphatic rings. The summed E-state index contributed by atoms with van der Waals surface area (Å²) in [4.78, 5) is 14.3. The van der Waals surface area contributed by atoms with Crippen molar-refractivity contribution in [3.63, 3.8) is 0 Å². The van der Waals surface area contributed by atoms with Crippen LogP contribution in [-0.2, 0) is 18.7 Å². The minimum Gasteiger partial charge on any atom is -0.301 e. The van der Waals surface area contributed by atoms with Gasteiger partial charge in [0.25, 0.3) is 0 Å². The maximum Gasteiger partial charge on any atom is 0.499 e. The molecule has 0 radical (unpaired) electrons. The van der Waals surface area contributed by atoms with Crippen molar-refractivity contribution in [2.45, 2.75) is 136 Å². The topological polar surface area (TPSA) is 65.0 Å². The molecule has 0 aliphatic carbocycles. The predicted molar refractivity (Wildman–Crippen MR) is 117 cm³/mol. The zero-order valence-corrected chi connectivity index (χ0v) is 19.7. The predicted octanol–water partition coefficient (Wildman–Crippen LogP) is 8.11. The number of hydrogen-bond donors (Lipinski definition) is 1. The van der Waals surface area contributed by atoms with Gasteiger partial charge in [0, 0.05) is 0 Å². The Morgan fingerprint density at radius 2 is 1.11 bits per heavy atom. The summed E-state index contributed by atoms with van der Waals surface area (Å²) in [5, 5.41) is 0. The van der Waals surface area contributed by atoms with Crippen LogP contribution in [0.4, 0.5) is 0 Å². The lowest BCUT2D eigenvalue weighted by atomic mass is 10.0. The van der Waals surface area contributed by atoms with Gasteiger partial charge in [-0.1, -0.05) is 110 Å². The van der Waals surface area contributed by atoms with Crippen LogP contribution >= 0.6 is 7.82 Å². The highest BCUT2D eigenvalue weighted by Gasteiger charge is 2.25. The van der Waals surface area contributed by atoms with E-state index < -0.39 is 7.82 Å². The van der Waals surface area contributed by atoms with Crippen LogP contribution < -0.4 is 0 Å². The first-order valence-electron chi connectivity index (χ1n) is 11.8. The van der Waals surface area contributed by atoms with E-state index in [1.807, 2.05) is 6.92 Å². The van der Waals surface area contributed by atoms with E-state index in [0.29, 0.717) is 13.0 Å². The normalized spacial score (nSPS) is 14.9. The van der Waals surface area contributed by atoms with Crippen molar-refractivity contribution in [3.8, 4) is 0 Å². The molecule has 6 heteroatoms. The molecule has 0 bridgehead atoms. The smallest absolute Gasteiger partial charge is 0.301 e. The number of phosphoric acid groups is 1. The van der Waals surface area contributed by atoms with E-state index in [0.717, 1.165) is 12.8 Å². The van der Waals surface area contributed by atoms with E-state index in [9.17, 15) is 9.46 Å². The van der Waals surface area contributed by atoms with Crippen molar-refractivity contribution in [3.05, 3.63) is 0 Å². The molecule has 170 valence electrons. The van der Waals surface area contributed by atoms with Gasteiger partial charge in [-0.2, -0.15) is 0 Å². The van der Waals surface area contributed by atoms with E-state index in [-0.39, 0.29) is 6.10 Å². The Bertz CT molecular complexity index is 365. The Hall–Kier alpha value is 0.0700. The van der Waals surface area contributed by atoms with Crippen LogP contribution in [0.5, 0.6) is 0 Å². The van der Waals surface area contributed by atoms with Crippen molar-refractivity contribution in [2.75, 3.05) is 6.61 Å². The molecule has 0 aliphatic heterocycles. The number of phosphoric ester groups is 1. The summed E-state index contributed by atoms with van der Waals surface area (Å²) in [5.74, 6) is 0. The van der Waals surface area contributed by atoms with Gasteiger partial charge in [-0.15, -0.1) is 4.67 Å². The van der Waals surface area contributed by atoms with E-state index >= 15 is 0 Å². The molecule has 0 saturated carbocycles. The molecule has 28 heavy (non-hydrogen) atoms. The highest BCUT2D eigenvalue weighted by atomic mass is 31.2. The van der Waals surface area contributed by atoms with Crippen LogP contribution in [0.3, 0.4) is 0 Å². The molecule has 2 unspecified atom stereocenters. The van der Waals surface area contributed by atoms with Gasteiger partial charge in [-0.3, -0.25) is 4.52 Å². The summed E-state index contributed by atoms with van der Waals surface area (Å²) in [6, 6.07) is 0. The Labute approximate surface area is 174 Å². The van der Waals surface area contributed by atoms with Gasteiger partial charge in [0.1, 0.15) is 0 Å². The minimum atomic E-state index is -4.08. The summed E-state index contributed by atoms with van der Waals surface area (Å²) < 4.78 is 20.9. The number of hydrogen-bond acceptors (Lipinski definition) is 4. The molecule has 0 aromatic carbocycles. The molecule has 0 rings (SSSR count). The summed E-state index contributed by atoms with van der Waals surface area (Å²) >= 11 is 0. The van der Waals surface area contributed by atoms with Crippen molar-refractivity contribution >= 4 is 7.82 Å². The standard InChI is InChI=1S/C22H47O5P/c1-4-6-7-8-9-10-11-12-13-14-15-16-17-18-19-20-21-25-27-28(23,24)26-22(3)5-2/h22H,4-21H2,1-3H3,(H,23,24). The molecule has 0 aromatic rings. The first-order valence-corrected chi connectivity index (χ1v) is 13.3. The van der Waals surface area contributed by atoms with Gasteiger partial charge in [-0.05, 0) is 19.8 Å². The summed E-state index contributed by atoms with van der Waals surface area (Å²) in [6.07, 6.45) is 21.3. The molecule has 0 fully saturated rings. The van der Waals surface area contributed by atoms with Crippen molar-refractivity contribution in [2.24, 2.45) is 0 Å². The van der Waals surface area contributed by atoms with Crippen LogP contribution in [0.15, 0.2) is 0 Å². The third kappa shape index (κ3) is 20.8. The largest absolute Gasteiger partial charge is 0.499 e. The molecular formula is C22H47O5P. The Balaban J connectivity index is 3.21. The lowest BCUT2D eigenvalue weighted by Crippen LogP contribution is -2.06. The summed E-state index contributed by atoms with van der Waals surface area (Å²) in [5.41, 5.74) is 0. The summed E-state index contributed by atoms with van der Waals surface area (Å²) in [6.45, 7) is 6.20. The first kappa shape index (κ1) is 28.1. The van der Waals surface area contributed by atoms with Gasteiger partial charge >= 0.3 is 7.82 Å². The van der Waals surface area contributed by atoms with Gasteiger partial charge in [0.2, 0.25) is 0 Å². The average molecular weight is 423 g/mol. The first-order chi connectivity index (χ1) is 13.5. The molecule has 0 heterocycles. The Morgan fingerprint density at radius 1 is 0.714 bits per heavy atom. The van der Waals surface area contributed by atoms with Gasteiger partial charge < -0.3 is 4.89 Å². The van der Waals surface area contributed by atoms with Crippen molar-refractivity contribution < 1.29 is 23.5 Å². The lowest BCUT2D eigenvalue weighted by molar-refractivity contribution is -0.226. The second kappa shape index (κ2) is 20.3. The fraction of sp³-hybridized carbons (Fsp3) is 1.00. The number of unbranched alkanes of at least 4 members (excludes halogenated alkanes) is 15. The van der Waals surface area contributed by atoms with E-state index in [1.54, 1.807) is 6.92 Å². The van der Waals surface area contributed by atoms with E-state index in [2.05, 4.69) is 11.6 Å². The fourth-order valence-electron chi connectivity index (χ4n) is 3.13. The highest BCUT2D eigenvalue weighted by Crippen LogP contribution is 2.45. The quantitative estimate of drug-likeness (QED) is 0.0826. The molecule has 2 atom stereocenters. The van der Waals surface area contributed by atoms with Gasteiger partial charge in [-0.25, -0.2) is 9.45 Å². The number of rotatable bonds is 22. The second-order valence-corrected chi connectivity index (χ2v) is 9.29. The Morgan fingerprint density at radius 3 is 1.50 bits per heavy atom. The molecule has 0 spiro atoms. The zero-order valence-electron chi connectivity index (χ0n) is 18.8. The van der Waals surface area contributed by atoms with Crippen molar-refractivity contribution in [1.82, 2.24) is 0 Å². The third-order valence-electron chi connectivity index (χ3n) is 5.12. The average Bonchev–Trinajstić information content (AvgIpc) is 2.66.